The fourth-order valence-corrected chi connectivity index (χ4v) is 2.75. The van der Waals surface area contributed by atoms with E-state index in [1.807, 2.05) is 4.90 Å². The third-order valence-electron chi connectivity index (χ3n) is 3.02. The summed E-state index contributed by atoms with van der Waals surface area (Å²) < 4.78 is 11.7. The van der Waals surface area contributed by atoms with Gasteiger partial charge in [0.25, 0.3) is 10.9 Å². The predicted molar refractivity (Wildman–Crippen MR) is 71.0 cm³/mol. The summed E-state index contributed by atoms with van der Waals surface area (Å²) in [6, 6.07) is 0. The minimum Gasteiger partial charge on any atom is -0.380 e. The number of nitrogens with one attached hydrogen (secondary N) is 1. The van der Waals surface area contributed by atoms with Gasteiger partial charge in [-0.15, -0.1) is 0 Å². The molecule has 6 heteroatoms. The molecular weight excluding hydrogens is 239 g/mol. The smallest absolute Gasteiger partial charge is 0.253 e. The molecule has 0 unspecified atom stereocenters. The van der Waals surface area contributed by atoms with Crippen LogP contribution in [0.4, 0.5) is 11.4 Å². The second-order valence-electron chi connectivity index (χ2n) is 4.95. The Balaban J connectivity index is 2.19. The van der Waals surface area contributed by atoms with E-state index >= 15 is 0 Å². The standard InChI is InChI=1S/C11H17N2O3P/c1-17(2,16)7-6-13-5-3-4-12-8-9(13)11(15)10(8)14/h12H,3-7H2,1-2H3. The van der Waals surface area contributed by atoms with Gasteiger partial charge in [-0.2, -0.15) is 0 Å². The van der Waals surface area contributed by atoms with Crippen molar-refractivity contribution >= 4 is 18.5 Å². The molecule has 1 aromatic rings. The summed E-state index contributed by atoms with van der Waals surface area (Å²) in [6.07, 6.45) is 1.45. The monoisotopic (exact) mass is 256 g/mol. The first-order valence-electron chi connectivity index (χ1n) is 5.76. The zero-order chi connectivity index (χ0) is 12.6. The van der Waals surface area contributed by atoms with E-state index in [4.69, 9.17) is 0 Å². The summed E-state index contributed by atoms with van der Waals surface area (Å²) in [5.74, 6) is 0. The fourth-order valence-electron chi connectivity index (χ4n) is 2.03. The Labute approximate surface area is 99.9 Å². The van der Waals surface area contributed by atoms with Crippen molar-refractivity contribution in [2.75, 3.05) is 49.3 Å². The van der Waals surface area contributed by atoms with Gasteiger partial charge in [0, 0.05) is 25.8 Å². The van der Waals surface area contributed by atoms with Crippen LogP contribution < -0.4 is 21.1 Å². The number of anilines is 2. The molecule has 1 aromatic carbocycles. The number of rotatable bonds is 3. The minimum absolute atomic E-state index is 0.406. The van der Waals surface area contributed by atoms with Crippen molar-refractivity contribution in [1.29, 1.82) is 0 Å². The van der Waals surface area contributed by atoms with Crippen molar-refractivity contribution in [1.82, 2.24) is 0 Å². The molecule has 0 fully saturated rings. The average Bonchev–Trinajstić information content (AvgIpc) is 2.44. The highest BCUT2D eigenvalue weighted by molar-refractivity contribution is 7.62. The molecule has 0 amide bonds. The topological polar surface area (TPSA) is 66.5 Å². The van der Waals surface area contributed by atoms with Gasteiger partial charge in [0.2, 0.25) is 0 Å². The molecule has 0 aromatic heterocycles. The van der Waals surface area contributed by atoms with Crippen molar-refractivity contribution in [2.45, 2.75) is 6.42 Å². The Morgan fingerprint density at radius 2 is 2.00 bits per heavy atom. The van der Waals surface area contributed by atoms with Gasteiger partial charge in [-0.05, 0) is 19.8 Å². The third-order valence-corrected chi connectivity index (χ3v) is 4.29. The van der Waals surface area contributed by atoms with Crippen LogP contribution in [0.1, 0.15) is 6.42 Å². The number of hydrogen-bond acceptors (Lipinski definition) is 5. The Kier molecular flexibility index (Phi) is 3.13. The molecule has 0 bridgehead atoms. The van der Waals surface area contributed by atoms with E-state index in [-0.39, 0.29) is 0 Å². The first-order chi connectivity index (χ1) is 7.90. The lowest BCUT2D eigenvalue weighted by Crippen LogP contribution is -2.42. The molecule has 0 aliphatic carbocycles. The van der Waals surface area contributed by atoms with Gasteiger partial charge in [0.1, 0.15) is 11.4 Å². The second kappa shape index (κ2) is 4.30. The lowest BCUT2D eigenvalue weighted by molar-refractivity contribution is 0.581. The lowest BCUT2D eigenvalue weighted by Gasteiger charge is -2.25. The van der Waals surface area contributed by atoms with Crippen molar-refractivity contribution < 1.29 is 4.57 Å². The van der Waals surface area contributed by atoms with Crippen LogP contribution in [0, 0.1) is 0 Å². The number of nitrogens with zero attached hydrogens (tertiary/aromatic N) is 1. The molecule has 1 aliphatic heterocycles. The molecule has 1 aliphatic rings. The summed E-state index contributed by atoms with van der Waals surface area (Å²) in [6.45, 7) is 5.52. The normalized spacial score (nSPS) is 16.5. The van der Waals surface area contributed by atoms with Gasteiger partial charge in [-0.25, -0.2) is 0 Å². The van der Waals surface area contributed by atoms with Gasteiger partial charge in [-0.3, -0.25) is 9.59 Å². The van der Waals surface area contributed by atoms with Crippen LogP contribution in [-0.4, -0.2) is 39.1 Å². The van der Waals surface area contributed by atoms with Crippen LogP contribution in [0.5, 0.6) is 0 Å². The molecular formula is C11H17N2O3P. The largest absolute Gasteiger partial charge is 0.380 e. The van der Waals surface area contributed by atoms with Crippen LogP contribution >= 0.6 is 7.14 Å². The predicted octanol–water partition coefficient (Wildman–Crippen LogP) is 0.527. The molecule has 0 atom stereocenters. The zero-order valence-electron chi connectivity index (χ0n) is 10.2. The number of fused-ring (bicyclic) bond motifs is 1. The van der Waals surface area contributed by atoms with Crippen molar-refractivity contribution in [3.8, 4) is 0 Å². The second-order valence-corrected chi connectivity index (χ2v) is 8.54. The lowest BCUT2D eigenvalue weighted by atomic mass is 10.2. The molecule has 1 N–H and O–H groups in total. The van der Waals surface area contributed by atoms with Crippen LogP contribution in [0.3, 0.4) is 0 Å². The highest BCUT2D eigenvalue weighted by Gasteiger charge is 2.28. The maximum absolute atomic E-state index is 11.7. The molecule has 0 saturated carbocycles. The van der Waals surface area contributed by atoms with Gasteiger partial charge < -0.3 is 14.8 Å². The highest BCUT2D eigenvalue weighted by atomic mass is 31.2. The Morgan fingerprint density at radius 1 is 1.29 bits per heavy atom. The van der Waals surface area contributed by atoms with Gasteiger partial charge in [0.05, 0.1) is 7.14 Å². The van der Waals surface area contributed by atoms with Crippen LogP contribution in [0.15, 0.2) is 9.59 Å². The Hall–Kier alpha value is -1.09. The SMILES string of the molecule is CP(C)(=O)CCN1CCCNc2c1c(=O)c2=O. The van der Waals surface area contributed by atoms with Crippen molar-refractivity contribution in [2.24, 2.45) is 0 Å². The fraction of sp³-hybridized carbons (Fsp3) is 0.636. The van der Waals surface area contributed by atoms with Crippen molar-refractivity contribution in [3.05, 3.63) is 20.4 Å². The molecule has 94 valence electrons. The first-order valence-corrected chi connectivity index (χ1v) is 8.55. The molecule has 0 spiro atoms. The Morgan fingerprint density at radius 3 is 2.65 bits per heavy atom. The van der Waals surface area contributed by atoms with E-state index in [0.29, 0.717) is 30.6 Å². The van der Waals surface area contributed by atoms with E-state index in [2.05, 4.69) is 5.32 Å². The summed E-state index contributed by atoms with van der Waals surface area (Å²) in [5.41, 5.74) is 0.134. The van der Waals surface area contributed by atoms with Gasteiger partial charge >= 0.3 is 0 Å². The zero-order valence-corrected chi connectivity index (χ0v) is 11.0. The summed E-state index contributed by atoms with van der Waals surface area (Å²) in [5, 5.41) is 2.99. The van der Waals surface area contributed by atoms with Crippen molar-refractivity contribution in [3.63, 3.8) is 0 Å². The van der Waals surface area contributed by atoms with E-state index in [1.165, 1.54) is 0 Å². The van der Waals surface area contributed by atoms with Crippen LogP contribution in [-0.2, 0) is 4.57 Å². The summed E-state index contributed by atoms with van der Waals surface area (Å²) >= 11 is 0. The van der Waals surface area contributed by atoms with E-state index < -0.39 is 18.0 Å². The van der Waals surface area contributed by atoms with E-state index in [0.717, 1.165) is 13.0 Å². The minimum atomic E-state index is -2.08. The maximum Gasteiger partial charge on any atom is 0.253 e. The molecule has 0 saturated heterocycles. The highest BCUT2D eigenvalue weighted by Crippen LogP contribution is 2.36. The first kappa shape index (κ1) is 12.4. The van der Waals surface area contributed by atoms with Crippen LogP contribution in [0.2, 0.25) is 0 Å². The molecule has 2 rings (SSSR count). The molecule has 0 radical (unpaired) electrons. The molecule has 1 heterocycles. The van der Waals surface area contributed by atoms with Gasteiger partial charge in [0.15, 0.2) is 0 Å². The molecule has 17 heavy (non-hydrogen) atoms. The van der Waals surface area contributed by atoms with Crippen LogP contribution in [0.25, 0.3) is 0 Å². The summed E-state index contributed by atoms with van der Waals surface area (Å²) in [4.78, 5) is 24.8. The maximum atomic E-state index is 11.7. The van der Waals surface area contributed by atoms with E-state index in [9.17, 15) is 14.2 Å². The van der Waals surface area contributed by atoms with Gasteiger partial charge in [-0.1, -0.05) is 0 Å². The average molecular weight is 256 g/mol. The number of hydrogen-bond donors (Lipinski definition) is 1. The molecule has 5 nitrogen and oxygen atoms in total. The summed E-state index contributed by atoms with van der Waals surface area (Å²) in [7, 11) is -2.08. The Bertz CT molecular complexity index is 539. The third kappa shape index (κ3) is 2.44. The van der Waals surface area contributed by atoms with E-state index in [1.54, 1.807) is 13.3 Å². The quantitative estimate of drug-likeness (QED) is 0.631.